The van der Waals surface area contributed by atoms with Crippen LogP contribution in [0.5, 0.6) is 0 Å². The molecule has 8 heteroatoms. The second kappa shape index (κ2) is 10.3. The van der Waals surface area contributed by atoms with E-state index in [9.17, 15) is 0 Å². The molecule has 4 heterocycles. The van der Waals surface area contributed by atoms with Crippen molar-refractivity contribution in [1.82, 2.24) is 9.97 Å². The summed E-state index contributed by atoms with van der Waals surface area (Å²) in [6.45, 7) is 8.06. The van der Waals surface area contributed by atoms with Crippen LogP contribution >= 0.6 is 0 Å². The van der Waals surface area contributed by atoms with Crippen LogP contribution in [0.2, 0.25) is 0 Å². The summed E-state index contributed by atoms with van der Waals surface area (Å²) in [4.78, 5) is 13.8. The number of ether oxygens (including phenoxy) is 2. The lowest BCUT2D eigenvalue weighted by molar-refractivity contribution is 0.122. The van der Waals surface area contributed by atoms with Gasteiger partial charge in [-0.1, -0.05) is 6.07 Å². The first-order valence-corrected chi connectivity index (χ1v) is 12.7. The van der Waals surface area contributed by atoms with Crippen LogP contribution in [-0.4, -0.2) is 62.6 Å². The molecular formula is C29H30FN5O2. The van der Waals surface area contributed by atoms with Gasteiger partial charge in [0.2, 0.25) is 0 Å². The third-order valence-electron chi connectivity index (χ3n) is 7.11. The predicted molar refractivity (Wildman–Crippen MR) is 145 cm³/mol. The topological polar surface area (TPSA) is 62.8 Å². The highest BCUT2D eigenvalue weighted by molar-refractivity contribution is 5.99. The van der Waals surface area contributed by atoms with Crippen molar-refractivity contribution in [3.05, 3.63) is 72.3 Å². The lowest BCUT2D eigenvalue weighted by Crippen LogP contribution is -2.37. The molecule has 2 saturated heterocycles. The quantitative estimate of drug-likeness (QED) is 0.407. The lowest BCUT2D eigenvalue weighted by atomic mass is 10.0. The van der Waals surface area contributed by atoms with Gasteiger partial charge in [-0.3, -0.25) is 4.98 Å². The molecule has 0 spiro atoms. The Labute approximate surface area is 215 Å². The third-order valence-corrected chi connectivity index (χ3v) is 7.11. The van der Waals surface area contributed by atoms with Crippen molar-refractivity contribution in [3.63, 3.8) is 0 Å². The van der Waals surface area contributed by atoms with Gasteiger partial charge in [0.05, 0.1) is 60.1 Å². The summed E-state index contributed by atoms with van der Waals surface area (Å²) in [5, 5.41) is 4.15. The molecule has 37 heavy (non-hydrogen) atoms. The van der Waals surface area contributed by atoms with Gasteiger partial charge in [0, 0.05) is 49.8 Å². The van der Waals surface area contributed by atoms with Crippen LogP contribution in [0.15, 0.2) is 60.9 Å². The van der Waals surface area contributed by atoms with Gasteiger partial charge in [0.25, 0.3) is 0 Å². The standard InChI is InChI=1S/C29H30FN5O2/c1-20-28(21-4-3-9-31-19-21)32-24-6-2-5-23(30)27(24)29(20)33-25-18-22(34-10-14-36-15-11-34)7-8-26(25)35-12-16-37-17-13-35/h2-9,18-19H,10-17H2,1H3,(H,32,33). The van der Waals surface area contributed by atoms with E-state index in [0.29, 0.717) is 37.3 Å². The van der Waals surface area contributed by atoms with Crippen molar-refractivity contribution in [2.75, 3.05) is 67.7 Å². The van der Waals surface area contributed by atoms with Gasteiger partial charge in [-0.05, 0) is 55.0 Å². The highest BCUT2D eigenvalue weighted by Gasteiger charge is 2.21. The molecule has 2 aliphatic heterocycles. The number of pyridine rings is 2. The highest BCUT2D eigenvalue weighted by atomic mass is 19.1. The third kappa shape index (κ3) is 4.70. The second-order valence-electron chi connectivity index (χ2n) is 9.36. The Hall–Kier alpha value is -3.75. The van der Waals surface area contributed by atoms with E-state index in [1.54, 1.807) is 18.5 Å². The molecule has 0 bridgehead atoms. The van der Waals surface area contributed by atoms with Crippen LogP contribution in [0.3, 0.4) is 0 Å². The monoisotopic (exact) mass is 499 g/mol. The zero-order chi connectivity index (χ0) is 25.2. The van der Waals surface area contributed by atoms with Crippen molar-refractivity contribution >= 4 is 33.7 Å². The first-order valence-electron chi connectivity index (χ1n) is 12.7. The molecule has 6 rings (SSSR count). The first kappa shape index (κ1) is 23.6. The number of rotatable bonds is 5. The molecule has 0 saturated carbocycles. The Kier molecular flexibility index (Phi) is 6.59. The number of nitrogens with zero attached hydrogens (tertiary/aromatic N) is 4. The van der Waals surface area contributed by atoms with Crippen LogP contribution in [0.4, 0.5) is 27.1 Å². The van der Waals surface area contributed by atoms with Gasteiger partial charge in [-0.25, -0.2) is 9.37 Å². The molecule has 2 aromatic carbocycles. The average Bonchev–Trinajstić information content (AvgIpc) is 2.96. The fraction of sp³-hybridized carbons (Fsp3) is 0.310. The maximum absolute atomic E-state index is 15.3. The van der Waals surface area contributed by atoms with E-state index in [-0.39, 0.29) is 5.82 Å². The molecule has 7 nitrogen and oxygen atoms in total. The molecule has 1 N–H and O–H groups in total. The van der Waals surface area contributed by atoms with E-state index in [1.807, 2.05) is 25.1 Å². The minimum absolute atomic E-state index is 0.300. The molecule has 2 fully saturated rings. The maximum atomic E-state index is 15.3. The van der Waals surface area contributed by atoms with Gasteiger partial charge in [0.15, 0.2) is 0 Å². The van der Waals surface area contributed by atoms with Gasteiger partial charge < -0.3 is 24.6 Å². The van der Waals surface area contributed by atoms with Crippen LogP contribution in [0.25, 0.3) is 22.2 Å². The van der Waals surface area contributed by atoms with Crippen LogP contribution in [0.1, 0.15) is 5.56 Å². The number of benzene rings is 2. The average molecular weight is 500 g/mol. The zero-order valence-electron chi connectivity index (χ0n) is 20.9. The number of aromatic nitrogens is 2. The van der Waals surface area contributed by atoms with Crippen molar-refractivity contribution < 1.29 is 13.9 Å². The van der Waals surface area contributed by atoms with Crippen LogP contribution in [-0.2, 0) is 9.47 Å². The largest absolute Gasteiger partial charge is 0.378 e. The zero-order valence-corrected chi connectivity index (χ0v) is 20.9. The molecule has 2 aromatic heterocycles. The van der Waals surface area contributed by atoms with Crippen molar-refractivity contribution in [2.45, 2.75) is 6.92 Å². The molecule has 0 atom stereocenters. The van der Waals surface area contributed by atoms with Crippen molar-refractivity contribution in [1.29, 1.82) is 0 Å². The van der Waals surface area contributed by atoms with E-state index in [0.717, 1.165) is 65.7 Å². The second-order valence-corrected chi connectivity index (χ2v) is 9.36. The first-order chi connectivity index (χ1) is 18.2. The van der Waals surface area contributed by atoms with Crippen molar-refractivity contribution in [2.24, 2.45) is 0 Å². The molecule has 0 radical (unpaired) electrons. The summed E-state index contributed by atoms with van der Waals surface area (Å²) in [7, 11) is 0. The van der Waals surface area contributed by atoms with Gasteiger partial charge in [0.1, 0.15) is 5.82 Å². The Morgan fingerprint density at radius 2 is 1.65 bits per heavy atom. The van der Waals surface area contributed by atoms with Crippen molar-refractivity contribution in [3.8, 4) is 11.3 Å². The molecule has 0 amide bonds. The highest BCUT2D eigenvalue weighted by Crippen LogP contribution is 2.40. The normalized spacial score (nSPS) is 16.3. The summed E-state index contributed by atoms with van der Waals surface area (Å²) in [5.74, 6) is -0.300. The van der Waals surface area contributed by atoms with E-state index in [4.69, 9.17) is 14.5 Å². The Bertz CT molecular complexity index is 1400. The van der Waals surface area contributed by atoms with E-state index >= 15 is 4.39 Å². The number of halogens is 1. The summed E-state index contributed by atoms with van der Waals surface area (Å²) >= 11 is 0. The fourth-order valence-corrected chi connectivity index (χ4v) is 5.16. The number of anilines is 4. The molecular weight excluding hydrogens is 469 g/mol. The van der Waals surface area contributed by atoms with Crippen LogP contribution < -0.4 is 15.1 Å². The molecule has 0 aliphatic carbocycles. The minimum atomic E-state index is -0.300. The number of nitrogens with one attached hydrogen (secondary N) is 1. The van der Waals surface area contributed by atoms with Gasteiger partial charge in [-0.15, -0.1) is 0 Å². The number of hydrogen-bond donors (Lipinski definition) is 1. The maximum Gasteiger partial charge on any atom is 0.134 e. The number of hydrogen-bond acceptors (Lipinski definition) is 7. The summed E-state index contributed by atoms with van der Waals surface area (Å²) in [6.07, 6.45) is 3.53. The molecule has 190 valence electrons. The Balaban J connectivity index is 1.51. The fourth-order valence-electron chi connectivity index (χ4n) is 5.16. The molecule has 4 aromatic rings. The summed E-state index contributed by atoms with van der Waals surface area (Å²) in [6, 6.07) is 15.4. The lowest BCUT2D eigenvalue weighted by Gasteiger charge is -2.33. The smallest absolute Gasteiger partial charge is 0.134 e. The van der Waals surface area contributed by atoms with Gasteiger partial charge in [-0.2, -0.15) is 0 Å². The SMILES string of the molecule is Cc1c(-c2cccnc2)nc2cccc(F)c2c1Nc1cc(N2CCOCC2)ccc1N1CCOCC1. The number of morpholine rings is 2. The Morgan fingerprint density at radius 3 is 2.38 bits per heavy atom. The Morgan fingerprint density at radius 1 is 0.892 bits per heavy atom. The van der Waals surface area contributed by atoms with E-state index in [2.05, 4.69) is 38.3 Å². The van der Waals surface area contributed by atoms with Gasteiger partial charge >= 0.3 is 0 Å². The predicted octanol–water partition coefficient (Wildman–Crippen LogP) is 5.16. The summed E-state index contributed by atoms with van der Waals surface area (Å²) in [5.41, 5.74) is 6.99. The van der Waals surface area contributed by atoms with E-state index in [1.165, 1.54) is 6.07 Å². The molecule has 0 unspecified atom stereocenters. The van der Waals surface area contributed by atoms with E-state index < -0.39 is 0 Å². The minimum Gasteiger partial charge on any atom is -0.378 e. The summed E-state index contributed by atoms with van der Waals surface area (Å²) < 4.78 is 26.5. The van der Waals surface area contributed by atoms with Crippen LogP contribution in [0, 0.1) is 12.7 Å². The molecule has 2 aliphatic rings. The number of fused-ring (bicyclic) bond motifs is 1.